The van der Waals surface area contributed by atoms with E-state index in [-0.39, 0.29) is 18.8 Å². The fourth-order valence-electron chi connectivity index (χ4n) is 3.45. The third-order valence-corrected chi connectivity index (χ3v) is 5.80. The van der Waals surface area contributed by atoms with Gasteiger partial charge >= 0.3 is 23.9 Å². The van der Waals surface area contributed by atoms with Gasteiger partial charge in [0.05, 0.1) is 0 Å². The van der Waals surface area contributed by atoms with Crippen molar-refractivity contribution in [2.45, 2.75) is 103 Å². The van der Waals surface area contributed by atoms with Crippen LogP contribution in [0.15, 0.2) is 0 Å². The first-order valence-corrected chi connectivity index (χ1v) is 12.3. The van der Waals surface area contributed by atoms with Crippen LogP contribution in [0.5, 0.6) is 0 Å². The van der Waals surface area contributed by atoms with Gasteiger partial charge in [0.25, 0.3) is 0 Å². The summed E-state index contributed by atoms with van der Waals surface area (Å²) in [6.45, 7) is 9.43. The highest BCUT2D eigenvalue weighted by atomic mass is 79.9. The molecule has 0 amide bonds. The number of halogens is 1. The number of alkyl halides is 1. The first-order chi connectivity index (χ1) is 16.7. The monoisotopic (exact) mass is 582 g/mol. The smallest absolute Gasteiger partial charge is 0.303 e. The number of carbonyl (C=O) groups excluding carboxylic acids is 5. The Bertz CT molecular complexity index is 798. The molecule has 7 atom stereocenters. The predicted molar refractivity (Wildman–Crippen MR) is 126 cm³/mol. The second kappa shape index (κ2) is 14.6. The highest BCUT2D eigenvalue weighted by Gasteiger charge is 2.54. The molecule has 12 nitrogen and oxygen atoms in total. The molecule has 1 fully saturated rings. The lowest BCUT2D eigenvalue weighted by Crippen LogP contribution is -2.64. The van der Waals surface area contributed by atoms with Crippen molar-refractivity contribution in [1.29, 1.82) is 0 Å². The Morgan fingerprint density at radius 2 is 1.39 bits per heavy atom. The fraction of sp³-hybridized carbons (Fsp3) is 0.783. The average molecular weight is 583 g/mol. The summed E-state index contributed by atoms with van der Waals surface area (Å²) in [6, 6.07) is 0. The maximum Gasteiger partial charge on any atom is 0.303 e. The van der Waals surface area contributed by atoms with Gasteiger partial charge in [0, 0.05) is 40.7 Å². The van der Waals surface area contributed by atoms with Crippen LogP contribution in [-0.2, 0) is 57.1 Å². The average Bonchev–Trinajstić information content (AvgIpc) is 2.77. The first-order valence-electron chi connectivity index (χ1n) is 11.5. The van der Waals surface area contributed by atoms with Gasteiger partial charge in [-0.15, -0.1) is 0 Å². The van der Waals surface area contributed by atoms with E-state index in [1.54, 1.807) is 13.8 Å². The molecule has 0 bridgehead atoms. The Kier molecular flexibility index (Phi) is 13.0. The lowest BCUT2D eigenvalue weighted by Gasteiger charge is -2.45. The minimum Gasteiger partial charge on any atom is -0.463 e. The summed E-state index contributed by atoms with van der Waals surface area (Å²) in [5.74, 6) is -3.18. The van der Waals surface area contributed by atoms with Crippen molar-refractivity contribution in [3.05, 3.63) is 0 Å². The minimum atomic E-state index is -1.48. The maximum atomic E-state index is 12.6. The molecule has 36 heavy (non-hydrogen) atoms. The van der Waals surface area contributed by atoms with E-state index >= 15 is 0 Å². The number of esters is 4. The standard InChI is InChI=1S/C23H35BrO12/c1-8-10-30-22(23(7,24)17(29)9-2)36-21-20(34-15(6)28)19(33-14(5)27)18(32-13(4)26)16(35-21)11-31-12(3)25/h16,18-22H,8-11H2,1-7H3/t16-,18-,19+,20-,21+,22+,23-/m1/s1. The van der Waals surface area contributed by atoms with Crippen LogP contribution < -0.4 is 0 Å². The van der Waals surface area contributed by atoms with Crippen LogP contribution in [0.2, 0.25) is 0 Å². The number of hydrogen-bond acceptors (Lipinski definition) is 12. The van der Waals surface area contributed by atoms with E-state index in [4.69, 9.17) is 33.2 Å². The topological polar surface area (TPSA) is 150 Å². The van der Waals surface area contributed by atoms with E-state index in [0.717, 1.165) is 20.8 Å². The lowest BCUT2D eigenvalue weighted by molar-refractivity contribution is -0.341. The molecule has 1 aliphatic rings. The molecule has 13 heteroatoms. The van der Waals surface area contributed by atoms with E-state index in [0.29, 0.717) is 6.42 Å². The van der Waals surface area contributed by atoms with E-state index in [1.165, 1.54) is 6.92 Å². The molecular formula is C23H35BrO12. The molecule has 0 radical (unpaired) electrons. The van der Waals surface area contributed by atoms with Gasteiger partial charge in [-0.25, -0.2) is 0 Å². The van der Waals surface area contributed by atoms with Gasteiger partial charge in [-0.1, -0.05) is 29.8 Å². The summed E-state index contributed by atoms with van der Waals surface area (Å²) < 4.78 is 37.6. The summed E-state index contributed by atoms with van der Waals surface area (Å²) in [7, 11) is 0. The van der Waals surface area contributed by atoms with Crippen LogP contribution >= 0.6 is 15.9 Å². The third kappa shape index (κ3) is 9.41. The molecular weight excluding hydrogens is 548 g/mol. The number of hydrogen-bond donors (Lipinski definition) is 0. The molecule has 0 saturated carbocycles. The Morgan fingerprint density at radius 1 is 0.861 bits per heavy atom. The maximum absolute atomic E-state index is 12.6. The van der Waals surface area contributed by atoms with E-state index < -0.39 is 71.8 Å². The van der Waals surface area contributed by atoms with Gasteiger partial charge in [0.1, 0.15) is 17.0 Å². The molecule has 0 aromatic carbocycles. The van der Waals surface area contributed by atoms with Gasteiger partial charge in [0.15, 0.2) is 30.4 Å². The summed E-state index contributed by atoms with van der Waals surface area (Å²) in [5, 5.41) is 0. The van der Waals surface area contributed by atoms with Crippen LogP contribution in [0, 0.1) is 0 Å². The Labute approximate surface area is 218 Å². The van der Waals surface area contributed by atoms with Crippen LogP contribution in [-0.4, -0.2) is 84.2 Å². The molecule has 0 aromatic heterocycles. The molecule has 0 aromatic rings. The number of rotatable bonds is 13. The number of carbonyl (C=O) groups is 5. The van der Waals surface area contributed by atoms with Gasteiger partial charge in [0.2, 0.25) is 6.29 Å². The van der Waals surface area contributed by atoms with Crippen LogP contribution in [0.4, 0.5) is 0 Å². The van der Waals surface area contributed by atoms with Gasteiger partial charge in [-0.05, 0) is 13.3 Å². The highest BCUT2D eigenvalue weighted by molar-refractivity contribution is 9.10. The second-order valence-corrected chi connectivity index (χ2v) is 9.91. The number of Topliss-reactive ketones (excluding diaryl/α,β-unsaturated/α-hetero) is 1. The molecule has 1 rings (SSSR count). The number of ketones is 1. The summed E-state index contributed by atoms with van der Waals surface area (Å²) in [5.41, 5.74) is 0. The molecule has 1 saturated heterocycles. The zero-order valence-electron chi connectivity index (χ0n) is 21.6. The fourth-order valence-corrected chi connectivity index (χ4v) is 3.97. The van der Waals surface area contributed by atoms with Crippen molar-refractivity contribution in [1.82, 2.24) is 0 Å². The zero-order chi connectivity index (χ0) is 27.6. The second-order valence-electron chi connectivity index (χ2n) is 8.26. The first kappa shape index (κ1) is 31.9. The molecule has 0 N–H and O–H groups in total. The van der Waals surface area contributed by atoms with Gasteiger partial charge in [-0.2, -0.15) is 0 Å². The molecule has 0 spiro atoms. The van der Waals surface area contributed by atoms with Crippen molar-refractivity contribution in [3.8, 4) is 0 Å². The summed E-state index contributed by atoms with van der Waals surface area (Å²) in [4.78, 5) is 59.9. The summed E-state index contributed by atoms with van der Waals surface area (Å²) in [6.07, 6.45) is -7.29. The normalized spacial score (nSPS) is 26.2. The molecule has 1 heterocycles. The van der Waals surface area contributed by atoms with Crippen molar-refractivity contribution in [2.24, 2.45) is 0 Å². The van der Waals surface area contributed by atoms with Crippen molar-refractivity contribution < 1.29 is 57.1 Å². The van der Waals surface area contributed by atoms with Crippen molar-refractivity contribution in [3.63, 3.8) is 0 Å². The Hall–Kier alpha value is -2.09. The lowest BCUT2D eigenvalue weighted by atomic mass is 9.97. The third-order valence-electron chi connectivity index (χ3n) is 4.99. The number of ether oxygens (including phenoxy) is 7. The quantitative estimate of drug-likeness (QED) is 0.135. The Morgan fingerprint density at radius 3 is 1.86 bits per heavy atom. The van der Waals surface area contributed by atoms with Gasteiger partial charge < -0.3 is 33.2 Å². The molecule has 0 unspecified atom stereocenters. The largest absolute Gasteiger partial charge is 0.463 e. The summed E-state index contributed by atoms with van der Waals surface area (Å²) >= 11 is 3.38. The van der Waals surface area contributed by atoms with E-state index in [2.05, 4.69) is 15.9 Å². The van der Waals surface area contributed by atoms with Crippen molar-refractivity contribution >= 4 is 45.6 Å². The minimum absolute atomic E-state index is 0.162. The van der Waals surface area contributed by atoms with E-state index in [1.807, 2.05) is 6.92 Å². The van der Waals surface area contributed by atoms with E-state index in [9.17, 15) is 24.0 Å². The van der Waals surface area contributed by atoms with Crippen LogP contribution in [0.25, 0.3) is 0 Å². The van der Waals surface area contributed by atoms with Crippen LogP contribution in [0.1, 0.15) is 61.3 Å². The van der Waals surface area contributed by atoms with Gasteiger partial charge in [-0.3, -0.25) is 24.0 Å². The SMILES string of the molecule is CCCO[C@@H](O[C@@H]1O[C@H](COC(C)=O)[C@@H](OC(C)=O)[C@H](OC(C)=O)[C@H]1OC(C)=O)[C@](C)(Br)C(=O)CC. The Balaban J connectivity index is 3.53. The highest BCUT2D eigenvalue weighted by Crippen LogP contribution is 2.35. The molecule has 0 aliphatic carbocycles. The molecule has 1 aliphatic heterocycles. The predicted octanol–water partition coefficient (Wildman–Crippen LogP) is 1.97. The van der Waals surface area contributed by atoms with Crippen molar-refractivity contribution in [2.75, 3.05) is 13.2 Å². The zero-order valence-corrected chi connectivity index (χ0v) is 23.2. The van der Waals surface area contributed by atoms with Crippen LogP contribution in [0.3, 0.4) is 0 Å². The molecule has 206 valence electrons.